The van der Waals surface area contributed by atoms with E-state index in [4.69, 9.17) is 17.0 Å². The summed E-state index contributed by atoms with van der Waals surface area (Å²) in [5.74, 6) is 0. The molecular weight excluding hydrogens is 272 g/mol. The molecule has 0 spiro atoms. The highest BCUT2D eigenvalue weighted by molar-refractivity contribution is 7.71. The fourth-order valence-corrected chi connectivity index (χ4v) is 2.92. The summed E-state index contributed by atoms with van der Waals surface area (Å²) < 4.78 is 7.79. The van der Waals surface area contributed by atoms with Gasteiger partial charge in [-0.25, -0.2) is 0 Å². The van der Waals surface area contributed by atoms with Crippen molar-refractivity contribution in [3.63, 3.8) is 0 Å². The number of benzene rings is 1. The highest BCUT2D eigenvalue weighted by Gasteiger charge is 2.21. The third-order valence-electron chi connectivity index (χ3n) is 3.64. The fourth-order valence-electron chi connectivity index (χ4n) is 2.69. The van der Waals surface area contributed by atoms with Gasteiger partial charge in [0.25, 0.3) is 5.56 Å². The maximum absolute atomic E-state index is 12.1. The predicted octanol–water partition coefficient (Wildman–Crippen LogP) is 2.67. The number of H-pyrrole nitrogens is 1. The maximum atomic E-state index is 12.1. The molecule has 0 amide bonds. The number of hydrogen-bond donors (Lipinski definition) is 1. The van der Waals surface area contributed by atoms with Gasteiger partial charge in [-0.2, -0.15) is 0 Å². The summed E-state index contributed by atoms with van der Waals surface area (Å²) in [7, 11) is 0. The summed E-state index contributed by atoms with van der Waals surface area (Å²) in [5, 5.41) is 0. The van der Waals surface area contributed by atoms with Crippen molar-refractivity contribution in [1.82, 2.24) is 9.55 Å². The van der Waals surface area contributed by atoms with Crippen LogP contribution in [0.15, 0.2) is 29.1 Å². The lowest BCUT2D eigenvalue weighted by molar-refractivity contribution is 0.0866. The van der Waals surface area contributed by atoms with Crippen molar-refractivity contribution in [2.24, 2.45) is 0 Å². The van der Waals surface area contributed by atoms with E-state index in [0.717, 1.165) is 29.7 Å². The lowest BCUT2D eigenvalue weighted by atomic mass is 9.89. The lowest BCUT2D eigenvalue weighted by Crippen LogP contribution is -2.25. The molecule has 3 rings (SSSR count). The first-order valence-electron chi connectivity index (χ1n) is 6.74. The van der Waals surface area contributed by atoms with Crippen LogP contribution in [-0.2, 0) is 24.3 Å². The number of aromatic amines is 1. The molecule has 0 bridgehead atoms. The van der Waals surface area contributed by atoms with E-state index in [-0.39, 0.29) is 5.56 Å². The third kappa shape index (κ3) is 2.13. The molecule has 1 aromatic heterocycles. The molecule has 0 radical (unpaired) electrons. The number of ether oxygens (including phenoxy) is 1. The zero-order valence-electron chi connectivity index (χ0n) is 11.3. The summed E-state index contributed by atoms with van der Waals surface area (Å²) in [6.45, 7) is 2.91. The van der Waals surface area contributed by atoms with Gasteiger partial charge in [0.05, 0.1) is 5.69 Å². The monoisotopic (exact) mass is 288 g/mol. The summed E-state index contributed by atoms with van der Waals surface area (Å²) >= 11 is 5.29. The second kappa shape index (κ2) is 5.34. The number of aromatic nitrogens is 2. The molecule has 4 nitrogen and oxygen atoms in total. The molecule has 0 unspecified atom stereocenters. The van der Waals surface area contributed by atoms with Crippen LogP contribution in [0.2, 0.25) is 0 Å². The molecule has 20 heavy (non-hydrogen) atoms. The molecule has 0 fully saturated rings. The van der Waals surface area contributed by atoms with Crippen molar-refractivity contribution in [3.05, 3.63) is 50.5 Å². The van der Waals surface area contributed by atoms with Crippen LogP contribution < -0.4 is 5.56 Å². The highest BCUT2D eigenvalue weighted by Crippen LogP contribution is 2.31. The van der Waals surface area contributed by atoms with Gasteiger partial charge in [0.15, 0.2) is 4.77 Å². The maximum Gasteiger partial charge on any atom is 0.255 e. The van der Waals surface area contributed by atoms with Crippen LogP contribution in [-0.4, -0.2) is 16.2 Å². The number of nitrogens with one attached hydrogen (secondary N) is 1. The highest BCUT2D eigenvalue weighted by atomic mass is 32.1. The quantitative estimate of drug-likeness (QED) is 0.883. The minimum atomic E-state index is -0.0766. The normalized spacial score (nSPS) is 12.8. The molecule has 0 atom stereocenters. The van der Waals surface area contributed by atoms with Crippen LogP contribution >= 0.6 is 12.2 Å². The Kier molecular flexibility index (Phi) is 3.54. The third-order valence-corrected chi connectivity index (χ3v) is 3.96. The van der Waals surface area contributed by atoms with Crippen LogP contribution in [0.25, 0.3) is 11.3 Å². The molecule has 1 N–H and O–H groups in total. The minimum absolute atomic E-state index is 0.0766. The number of nitrogens with zero attached hydrogens (tertiary/aromatic N) is 1. The molecule has 1 aromatic carbocycles. The van der Waals surface area contributed by atoms with Crippen molar-refractivity contribution in [2.75, 3.05) is 6.61 Å². The van der Waals surface area contributed by atoms with E-state index in [1.165, 1.54) is 5.56 Å². The summed E-state index contributed by atoms with van der Waals surface area (Å²) in [6.07, 6.45) is 1.63. The zero-order valence-corrected chi connectivity index (χ0v) is 12.1. The molecule has 1 heterocycles. The van der Waals surface area contributed by atoms with Crippen molar-refractivity contribution in [2.45, 2.75) is 26.5 Å². The molecule has 0 saturated heterocycles. The summed E-state index contributed by atoms with van der Waals surface area (Å²) in [6, 6.07) is 8.17. The number of fused-ring (bicyclic) bond motifs is 3. The average Bonchev–Trinajstić information content (AvgIpc) is 2.46. The smallest absolute Gasteiger partial charge is 0.255 e. The van der Waals surface area contributed by atoms with E-state index in [1.807, 2.05) is 29.7 Å². The molecule has 0 aliphatic heterocycles. The topological polar surface area (TPSA) is 47.0 Å². The van der Waals surface area contributed by atoms with Gasteiger partial charge >= 0.3 is 0 Å². The second-order valence-corrected chi connectivity index (χ2v) is 5.18. The van der Waals surface area contributed by atoms with E-state index in [9.17, 15) is 4.79 Å². The Labute approximate surface area is 122 Å². The Morgan fingerprint density at radius 1 is 1.35 bits per heavy atom. The van der Waals surface area contributed by atoms with Gasteiger partial charge in [-0.15, -0.1) is 0 Å². The number of aryl methyl sites for hydroxylation is 1. The Hall–Kier alpha value is -1.72. The molecule has 2 aromatic rings. The SMILES string of the molecule is CCOCn1c2c(c(=O)[nH]c1=S)CCc1ccccc1-2. The van der Waals surface area contributed by atoms with E-state index in [0.29, 0.717) is 18.1 Å². The molecule has 5 heteroatoms. The Morgan fingerprint density at radius 2 is 2.15 bits per heavy atom. The molecule has 104 valence electrons. The van der Waals surface area contributed by atoms with Crippen LogP contribution in [0.1, 0.15) is 18.1 Å². The average molecular weight is 288 g/mol. The van der Waals surface area contributed by atoms with Crippen molar-refractivity contribution in [1.29, 1.82) is 0 Å². The van der Waals surface area contributed by atoms with Crippen molar-refractivity contribution >= 4 is 12.2 Å². The standard InChI is InChI=1S/C15H16N2O2S/c1-2-19-9-17-13-11-6-4-3-5-10(11)7-8-12(13)14(18)16-15(17)20/h3-6H,2,7-9H2,1H3,(H,16,18,20). The van der Waals surface area contributed by atoms with Gasteiger partial charge in [-0.1, -0.05) is 24.3 Å². The molecule has 0 saturated carbocycles. The van der Waals surface area contributed by atoms with E-state index in [2.05, 4.69) is 11.1 Å². The van der Waals surface area contributed by atoms with Gasteiger partial charge in [-0.05, 0) is 37.5 Å². The van der Waals surface area contributed by atoms with Gasteiger partial charge in [0.2, 0.25) is 0 Å². The molecule has 1 aliphatic rings. The summed E-state index contributed by atoms with van der Waals surface area (Å²) in [4.78, 5) is 14.9. The summed E-state index contributed by atoms with van der Waals surface area (Å²) in [5.41, 5.74) is 3.98. The molecule has 1 aliphatic carbocycles. The zero-order chi connectivity index (χ0) is 14.1. The van der Waals surface area contributed by atoms with Crippen LogP contribution in [0, 0.1) is 4.77 Å². The van der Waals surface area contributed by atoms with Gasteiger partial charge in [0, 0.05) is 17.7 Å². The first kappa shape index (κ1) is 13.3. The van der Waals surface area contributed by atoms with E-state index < -0.39 is 0 Å². The largest absolute Gasteiger partial charge is 0.361 e. The second-order valence-electron chi connectivity index (χ2n) is 4.79. The Bertz CT molecular complexity index is 761. The van der Waals surface area contributed by atoms with E-state index >= 15 is 0 Å². The van der Waals surface area contributed by atoms with Crippen LogP contribution in [0.3, 0.4) is 0 Å². The molecular formula is C15H16N2O2S. The number of rotatable bonds is 3. The van der Waals surface area contributed by atoms with Crippen molar-refractivity contribution in [3.8, 4) is 11.3 Å². The Balaban J connectivity index is 2.29. The lowest BCUT2D eigenvalue weighted by Gasteiger charge is -2.23. The predicted molar refractivity (Wildman–Crippen MR) is 80.4 cm³/mol. The van der Waals surface area contributed by atoms with Crippen molar-refractivity contribution < 1.29 is 4.74 Å². The van der Waals surface area contributed by atoms with Crippen LogP contribution in [0.4, 0.5) is 0 Å². The first-order chi connectivity index (χ1) is 9.72. The minimum Gasteiger partial charge on any atom is -0.361 e. The van der Waals surface area contributed by atoms with E-state index in [1.54, 1.807) is 0 Å². The number of hydrogen-bond acceptors (Lipinski definition) is 3. The van der Waals surface area contributed by atoms with Crippen LogP contribution in [0.5, 0.6) is 0 Å². The van der Waals surface area contributed by atoms with Gasteiger partial charge < -0.3 is 4.74 Å². The van der Waals surface area contributed by atoms with Gasteiger partial charge in [0.1, 0.15) is 6.73 Å². The Morgan fingerprint density at radius 3 is 2.95 bits per heavy atom. The van der Waals surface area contributed by atoms with Gasteiger partial charge in [-0.3, -0.25) is 14.3 Å². The fraction of sp³-hybridized carbons (Fsp3) is 0.333. The first-order valence-corrected chi connectivity index (χ1v) is 7.15.